The Bertz CT molecular complexity index is 4550. The van der Waals surface area contributed by atoms with Crippen LogP contribution in [-0.4, -0.2) is 116 Å². The summed E-state index contributed by atoms with van der Waals surface area (Å²) in [5.41, 5.74) is 2.46. The highest BCUT2D eigenvalue weighted by atomic mass is 16.6. The molecule has 12 atom stereocenters. The molecule has 144 heavy (non-hydrogen) atoms. The van der Waals surface area contributed by atoms with E-state index in [0.29, 0.717) is 109 Å². The smallest absolute Gasteiger partial charge is 0.311 e. The average Bonchev–Trinajstić information content (AvgIpc) is 0.711. The molecular weight excluding hydrogens is 1800 g/mol. The monoisotopic (exact) mass is 1990 g/mol. The number of benzene rings is 2. The van der Waals surface area contributed by atoms with Gasteiger partial charge in [0.25, 0.3) is 0 Å². The molecule has 0 aliphatic heterocycles. The van der Waals surface area contributed by atoms with Gasteiger partial charge in [0.15, 0.2) is 0 Å². The van der Waals surface area contributed by atoms with Crippen molar-refractivity contribution in [2.45, 2.75) is 446 Å². The Hall–Kier alpha value is -5.68. The summed E-state index contributed by atoms with van der Waals surface area (Å²) in [5.74, 6) is 12.1. The van der Waals surface area contributed by atoms with Crippen molar-refractivity contribution in [2.24, 2.45) is 182 Å². The second-order valence-electron chi connectivity index (χ2n) is 62.1. The summed E-state index contributed by atoms with van der Waals surface area (Å²) in [7, 11) is 0. The number of ether oxygens (including phenoxy) is 7. The quantitative estimate of drug-likeness (QED) is 0.117. The van der Waals surface area contributed by atoms with E-state index in [1.54, 1.807) is 0 Å². The maximum Gasteiger partial charge on any atom is 0.311 e. The molecule has 28 fully saturated rings. The number of ketones is 1. The van der Waals surface area contributed by atoms with Crippen LogP contribution in [0.2, 0.25) is 0 Å². The number of carbonyl (C=O) groups excluding carboxylic acids is 8. The average molecular weight is 1990 g/mol. The molecule has 28 aliphatic carbocycles. The van der Waals surface area contributed by atoms with Crippen molar-refractivity contribution in [1.82, 2.24) is 0 Å². The van der Waals surface area contributed by atoms with E-state index in [4.69, 9.17) is 33.2 Å². The van der Waals surface area contributed by atoms with E-state index >= 15 is 0 Å². The van der Waals surface area contributed by atoms with Crippen LogP contribution in [0, 0.1) is 182 Å². The van der Waals surface area contributed by atoms with Crippen molar-refractivity contribution in [3.8, 4) is 0 Å². The van der Waals surface area contributed by atoms with Gasteiger partial charge in [0.2, 0.25) is 0 Å². The predicted molar refractivity (Wildman–Crippen MR) is 566 cm³/mol. The zero-order valence-corrected chi connectivity index (χ0v) is 94.4. The van der Waals surface area contributed by atoms with Crippen LogP contribution in [0.15, 0.2) is 60.7 Å². The minimum absolute atomic E-state index is 0.0294. The van der Waals surface area contributed by atoms with Gasteiger partial charge in [-0.25, -0.2) is 0 Å². The van der Waals surface area contributed by atoms with Gasteiger partial charge in [0, 0.05) is 49.7 Å². The predicted octanol–water partition coefficient (Wildman–Crippen LogP) is 27.9. The fraction of sp³-hybridized carbons (Fsp3) is 0.843. The maximum absolute atomic E-state index is 12.3. The first-order valence-corrected chi connectivity index (χ1v) is 58.2. The van der Waals surface area contributed by atoms with Crippen LogP contribution in [0.5, 0.6) is 0 Å². The van der Waals surface area contributed by atoms with Gasteiger partial charge in [0.1, 0.15) is 5.78 Å². The fourth-order valence-electron chi connectivity index (χ4n) is 37.1. The molecule has 12 unspecified atom stereocenters. The lowest BCUT2D eigenvalue weighted by atomic mass is 9.43. The van der Waals surface area contributed by atoms with Crippen LogP contribution < -0.4 is 0 Å². The van der Waals surface area contributed by atoms with E-state index in [9.17, 15) is 48.6 Å². The van der Waals surface area contributed by atoms with Crippen LogP contribution in [0.4, 0.5) is 0 Å². The number of aliphatic hydroxyl groups excluding tert-OH is 1. The zero-order valence-electron chi connectivity index (χ0n) is 94.4. The molecule has 0 aromatic heterocycles. The Kier molecular flexibility index (Phi) is 31.4. The highest BCUT2D eigenvalue weighted by Crippen LogP contribution is 2.71. The van der Waals surface area contributed by atoms with Gasteiger partial charge in [0.05, 0.1) is 95.9 Å². The summed E-state index contributed by atoms with van der Waals surface area (Å²) in [6, 6.07) is 22.2. The van der Waals surface area contributed by atoms with E-state index in [1.165, 1.54) is 191 Å². The number of rotatable bonds is 16. The molecule has 0 radical (unpaired) electrons. The summed E-state index contributed by atoms with van der Waals surface area (Å²) in [5, 5.41) is 20.9. The van der Waals surface area contributed by atoms with Gasteiger partial charge >= 0.3 is 41.8 Å². The second kappa shape index (κ2) is 40.7. The fourth-order valence-corrected chi connectivity index (χ4v) is 37.1. The van der Waals surface area contributed by atoms with E-state index < -0.39 is 32.7 Å². The molecule has 0 heterocycles. The third-order valence-corrected chi connectivity index (χ3v) is 40.3. The molecule has 806 valence electrons. The summed E-state index contributed by atoms with van der Waals surface area (Å²) in [4.78, 5) is 96.5. The third kappa shape index (κ3) is 25.1. The normalized spacial score (nSPS) is 40.7. The molecule has 30 rings (SSSR count). The second-order valence-corrected chi connectivity index (χ2v) is 62.1. The summed E-state index contributed by atoms with van der Waals surface area (Å²) in [6.07, 6.45) is 49.2. The molecular formula is C127H196O17. The summed E-state index contributed by atoms with van der Waals surface area (Å²) in [6.45, 7) is 51.0. The summed E-state index contributed by atoms with van der Waals surface area (Å²) >= 11 is 0. The van der Waals surface area contributed by atoms with Gasteiger partial charge in [-0.1, -0.05) is 81.4 Å². The van der Waals surface area contributed by atoms with Crippen LogP contribution in [-0.2, 0) is 82.3 Å². The summed E-state index contributed by atoms with van der Waals surface area (Å²) < 4.78 is 39.8. The van der Waals surface area contributed by atoms with Gasteiger partial charge < -0.3 is 43.4 Å². The molecule has 28 bridgehead atoms. The van der Waals surface area contributed by atoms with Crippen molar-refractivity contribution in [3.05, 3.63) is 71.8 Å². The molecule has 17 heteroatoms. The highest BCUT2D eigenvalue weighted by molar-refractivity contribution is 5.86. The molecule has 0 saturated heterocycles. The molecule has 2 aromatic carbocycles. The first kappa shape index (κ1) is 111. The molecule has 28 saturated carbocycles. The molecule has 2 N–H and O–H groups in total. The van der Waals surface area contributed by atoms with E-state index in [1.807, 2.05) is 159 Å². The van der Waals surface area contributed by atoms with E-state index in [-0.39, 0.29) is 97.6 Å². The Morgan fingerprint density at radius 3 is 0.750 bits per heavy atom. The van der Waals surface area contributed by atoms with E-state index in [2.05, 4.69) is 67.6 Å². The number of carbonyl (C=O) groups is 8. The van der Waals surface area contributed by atoms with Gasteiger partial charge in [-0.2, -0.15) is 0 Å². The minimum atomic E-state index is -0.460. The standard InChI is InChI=1S/2C22H30O2.C17H28O2.2C16H26O3.C16H24O3.C16H26O2.C2H6/c2*1-20(2,3)19(23)24-15-21-10-16-9-17(11-21)13-22(12-16,14-21)18-7-5-4-6-8-18;1-15(2,3)14(18)19-11-17-8-12-5-13(9-17)7-16(4,6-12)10-17;1-14(2,3)13(17)19-10-15-5-11-4-12(6-15)8-16(18,7-11)9-15;2*1-15(2,3)14(18)19-9-16-6-10-4-11(7-16)13(17)12(5-10)8-16;1-15(2,3)14(17)18-10-16-7-11-4-12(8-16)6-13(5-11)9-16;1-2/h2*4-8,16-17H,9-15H2,1-3H3;12-13H,5-11H2,1-4H3;11-12,18H,4-10H2,1-3H3;10-13,17H,4-9H2,1-3H3;10-12H,4-9H2,1-3H3;11-13H,4-10H2,1-3H3;1-2H3. The van der Waals surface area contributed by atoms with Gasteiger partial charge in [-0.3, -0.25) is 38.4 Å². The van der Waals surface area contributed by atoms with Gasteiger partial charge in [-0.15, -0.1) is 0 Å². The Morgan fingerprint density at radius 2 is 0.479 bits per heavy atom. The Morgan fingerprint density at radius 1 is 0.264 bits per heavy atom. The van der Waals surface area contributed by atoms with Crippen molar-refractivity contribution >= 4 is 47.6 Å². The molecule has 28 aliphatic rings. The number of Topliss-reactive ketones (excluding diaryl/α,β-unsaturated/α-hetero) is 1. The number of aliphatic hydroxyl groups is 2. The van der Waals surface area contributed by atoms with Crippen molar-refractivity contribution in [2.75, 3.05) is 46.2 Å². The largest absolute Gasteiger partial charge is 0.465 e. The van der Waals surface area contributed by atoms with Crippen molar-refractivity contribution in [1.29, 1.82) is 0 Å². The van der Waals surface area contributed by atoms with Crippen LogP contribution >= 0.6 is 0 Å². The highest BCUT2D eigenvalue weighted by Gasteiger charge is 2.65. The lowest BCUT2D eigenvalue weighted by Gasteiger charge is -2.62. The van der Waals surface area contributed by atoms with E-state index in [0.717, 1.165) is 136 Å². The topological polar surface area (TPSA) is 242 Å². The molecule has 2 aromatic rings. The first-order valence-electron chi connectivity index (χ1n) is 58.2. The number of hydrogen-bond donors (Lipinski definition) is 2. The van der Waals surface area contributed by atoms with Gasteiger partial charge in [-0.05, 0) is 518 Å². The lowest BCUT2D eigenvalue weighted by molar-refractivity contribution is -0.190. The van der Waals surface area contributed by atoms with Crippen LogP contribution in [0.25, 0.3) is 0 Å². The number of hydrogen-bond acceptors (Lipinski definition) is 17. The van der Waals surface area contributed by atoms with Crippen molar-refractivity contribution in [3.63, 3.8) is 0 Å². The Balaban J connectivity index is 0.000000120. The Labute approximate surface area is 869 Å². The SMILES string of the molecule is CC.CC(C)(C)C(=O)OCC12CC3CC(C1)C(=O)C(C3)C2.CC(C)(C)C(=O)OCC12CC3CC(C1)C(O)C(C3)C2.CC(C)(C)C(=O)OCC12CC3CC(C1)CC(c1ccccc1)(C3)C2.CC(C)(C)C(=O)OCC12CC3CC(C1)CC(c1ccccc1)(C3)C2.CC(C)(C)C(=O)OCC12CC3CC(CC(C3)C1)C2.CC(C)(C)C(=O)OCC12CC3CC(CC(O)(C3)C1)C2.CC12CC3CC(C1)CC(COC(=O)C(C)(C)C)(C3)C2. The molecule has 0 amide bonds. The maximum atomic E-state index is 12.3. The van der Waals surface area contributed by atoms with Crippen LogP contribution in [0.3, 0.4) is 0 Å². The van der Waals surface area contributed by atoms with Crippen LogP contribution in [0.1, 0.15) is 434 Å². The zero-order chi connectivity index (χ0) is 104. The third-order valence-electron chi connectivity index (χ3n) is 40.3. The number of esters is 7. The first-order chi connectivity index (χ1) is 66.9. The molecule has 0 spiro atoms. The lowest BCUT2D eigenvalue weighted by Crippen LogP contribution is -2.57. The van der Waals surface area contributed by atoms with Crippen molar-refractivity contribution < 1.29 is 81.7 Å². The molecule has 17 nitrogen and oxygen atoms in total. The minimum Gasteiger partial charge on any atom is -0.465 e.